The van der Waals surface area contributed by atoms with E-state index in [0.717, 1.165) is 34.3 Å². The minimum atomic E-state index is -0.353. The molecule has 30 heavy (non-hydrogen) atoms. The first-order chi connectivity index (χ1) is 14.5. The van der Waals surface area contributed by atoms with Gasteiger partial charge in [-0.2, -0.15) is 0 Å². The maximum atomic E-state index is 11.4. The van der Waals surface area contributed by atoms with Crippen molar-refractivity contribution in [2.75, 3.05) is 0 Å². The molecule has 0 N–H and O–H groups in total. The van der Waals surface area contributed by atoms with Gasteiger partial charge in [0.05, 0.1) is 0 Å². The van der Waals surface area contributed by atoms with E-state index in [9.17, 15) is 9.59 Å². The second kappa shape index (κ2) is 9.70. The van der Waals surface area contributed by atoms with E-state index < -0.39 is 0 Å². The Morgan fingerprint density at radius 1 is 0.667 bits per heavy atom. The highest BCUT2D eigenvalue weighted by atomic mass is 16.5. The summed E-state index contributed by atoms with van der Waals surface area (Å²) in [6.07, 6.45) is 0.787. The lowest BCUT2D eigenvalue weighted by atomic mass is 9.88. The van der Waals surface area contributed by atoms with Crippen LogP contribution >= 0.6 is 0 Å². The van der Waals surface area contributed by atoms with Crippen molar-refractivity contribution in [1.82, 2.24) is 0 Å². The van der Waals surface area contributed by atoms with Crippen molar-refractivity contribution >= 4 is 23.1 Å². The number of allylic oxidation sites excluding steroid dienone is 1. The second-order valence-electron chi connectivity index (χ2n) is 6.81. The molecule has 0 aromatic heterocycles. The van der Waals surface area contributed by atoms with Gasteiger partial charge in [0.2, 0.25) is 0 Å². The Balaban J connectivity index is 2.16. The fourth-order valence-corrected chi connectivity index (χ4v) is 3.42. The minimum Gasteiger partial charge on any atom is -0.427 e. The van der Waals surface area contributed by atoms with Gasteiger partial charge in [0.15, 0.2) is 0 Å². The molecule has 0 heterocycles. The van der Waals surface area contributed by atoms with Crippen LogP contribution in [0.1, 0.15) is 43.9 Å². The molecule has 0 atom stereocenters. The molecular weight excluding hydrogens is 376 g/mol. The largest absolute Gasteiger partial charge is 0.427 e. The van der Waals surface area contributed by atoms with Gasteiger partial charge in [-0.15, -0.1) is 0 Å². The van der Waals surface area contributed by atoms with Crippen LogP contribution in [0.2, 0.25) is 0 Å². The van der Waals surface area contributed by atoms with Crippen molar-refractivity contribution in [3.05, 3.63) is 95.6 Å². The number of carbonyl (C=O) groups excluding carboxylic acids is 2. The molecule has 3 rings (SSSR count). The van der Waals surface area contributed by atoms with Crippen LogP contribution in [-0.4, -0.2) is 11.9 Å². The Bertz CT molecular complexity index is 1060. The Hall–Kier alpha value is -3.66. The molecule has 0 aliphatic heterocycles. The highest BCUT2D eigenvalue weighted by Gasteiger charge is 2.14. The summed E-state index contributed by atoms with van der Waals surface area (Å²) in [6, 6.07) is 25.2. The fourth-order valence-electron chi connectivity index (χ4n) is 3.42. The maximum absolute atomic E-state index is 11.4. The Morgan fingerprint density at radius 2 is 1.27 bits per heavy atom. The van der Waals surface area contributed by atoms with E-state index >= 15 is 0 Å². The summed E-state index contributed by atoms with van der Waals surface area (Å²) in [5, 5.41) is 0. The molecule has 3 aromatic rings. The first-order valence-corrected chi connectivity index (χ1v) is 9.84. The molecule has 0 saturated heterocycles. The monoisotopic (exact) mass is 400 g/mol. The standard InChI is InChI=1S/C26H24O4/c1-4-25(20-13-15-23(16-14-20)29-18(2)27)26(21-9-6-5-7-10-21)22-11-8-12-24(17-22)30-19(3)28/h5-17H,4H2,1-3H3/b26-25-. The average molecular weight is 400 g/mol. The van der Waals surface area contributed by atoms with Gasteiger partial charge in [0.1, 0.15) is 11.5 Å². The molecule has 4 nitrogen and oxygen atoms in total. The summed E-state index contributed by atoms with van der Waals surface area (Å²) in [6.45, 7) is 4.88. The first kappa shape index (κ1) is 21.1. The molecule has 0 amide bonds. The Kier molecular flexibility index (Phi) is 6.81. The van der Waals surface area contributed by atoms with E-state index in [4.69, 9.17) is 9.47 Å². The molecule has 152 valence electrons. The van der Waals surface area contributed by atoms with E-state index in [2.05, 4.69) is 19.1 Å². The summed E-state index contributed by atoms with van der Waals surface area (Å²) in [4.78, 5) is 22.6. The normalized spacial score (nSPS) is 11.4. The zero-order valence-corrected chi connectivity index (χ0v) is 17.3. The van der Waals surface area contributed by atoms with E-state index in [1.807, 2.05) is 48.5 Å². The summed E-state index contributed by atoms with van der Waals surface area (Å²) >= 11 is 0. The number of ether oxygens (including phenoxy) is 2. The van der Waals surface area contributed by atoms with Crippen molar-refractivity contribution in [1.29, 1.82) is 0 Å². The van der Waals surface area contributed by atoms with Crippen LogP contribution in [0.15, 0.2) is 78.9 Å². The van der Waals surface area contributed by atoms with Crippen LogP contribution in [0, 0.1) is 0 Å². The third kappa shape index (κ3) is 5.23. The van der Waals surface area contributed by atoms with E-state index in [1.165, 1.54) is 13.8 Å². The molecule has 0 saturated carbocycles. The quantitative estimate of drug-likeness (QED) is 0.293. The second-order valence-corrected chi connectivity index (χ2v) is 6.81. The van der Waals surface area contributed by atoms with E-state index in [0.29, 0.717) is 11.5 Å². The van der Waals surface area contributed by atoms with Gasteiger partial charge < -0.3 is 9.47 Å². The average Bonchev–Trinajstić information content (AvgIpc) is 2.72. The molecule has 0 bridgehead atoms. The number of benzene rings is 3. The predicted octanol–water partition coefficient (Wildman–Crippen LogP) is 5.91. The van der Waals surface area contributed by atoms with E-state index in [-0.39, 0.29) is 11.9 Å². The van der Waals surface area contributed by atoms with Crippen LogP contribution in [0.5, 0.6) is 11.5 Å². The lowest BCUT2D eigenvalue weighted by molar-refractivity contribution is -0.132. The lowest BCUT2D eigenvalue weighted by Gasteiger charge is -2.17. The number of carbonyl (C=O) groups is 2. The minimum absolute atomic E-state index is 0.346. The van der Waals surface area contributed by atoms with Crippen LogP contribution in [0.4, 0.5) is 0 Å². The maximum Gasteiger partial charge on any atom is 0.308 e. The smallest absolute Gasteiger partial charge is 0.308 e. The van der Waals surface area contributed by atoms with Gasteiger partial charge in [-0.25, -0.2) is 0 Å². The third-order valence-corrected chi connectivity index (χ3v) is 4.57. The van der Waals surface area contributed by atoms with Gasteiger partial charge >= 0.3 is 11.9 Å². The molecule has 0 radical (unpaired) electrons. The van der Waals surface area contributed by atoms with Gasteiger partial charge in [0.25, 0.3) is 0 Å². The van der Waals surface area contributed by atoms with E-state index in [1.54, 1.807) is 18.2 Å². The van der Waals surface area contributed by atoms with Crippen molar-refractivity contribution in [3.63, 3.8) is 0 Å². The van der Waals surface area contributed by atoms with Gasteiger partial charge in [-0.05, 0) is 58.5 Å². The highest BCUT2D eigenvalue weighted by Crippen LogP contribution is 2.36. The molecule has 0 aliphatic carbocycles. The Labute approximate surface area is 176 Å². The molecule has 0 aliphatic rings. The zero-order chi connectivity index (χ0) is 21.5. The van der Waals surface area contributed by atoms with Crippen LogP contribution in [0.25, 0.3) is 11.1 Å². The number of esters is 2. The lowest BCUT2D eigenvalue weighted by Crippen LogP contribution is -2.02. The van der Waals surface area contributed by atoms with Crippen LogP contribution in [-0.2, 0) is 9.59 Å². The number of hydrogen-bond donors (Lipinski definition) is 0. The topological polar surface area (TPSA) is 52.6 Å². The molecular formula is C26H24O4. The fraction of sp³-hybridized carbons (Fsp3) is 0.154. The number of rotatable bonds is 6. The van der Waals surface area contributed by atoms with Crippen LogP contribution in [0.3, 0.4) is 0 Å². The molecule has 4 heteroatoms. The summed E-state index contributed by atoms with van der Waals surface area (Å²) < 4.78 is 10.5. The molecule has 0 fully saturated rings. The summed E-state index contributed by atoms with van der Waals surface area (Å²) in [5.74, 6) is 0.323. The first-order valence-electron chi connectivity index (χ1n) is 9.84. The molecule has 0 unspecified atom stereocenters. The van der Waals surface area contributed by atoms with Crippen LogP contribution < -0.4 is 9.47 Å². The third-order valence-electron chi connectivity index (χ3n) is 4.57. The SMILES string of the molecule is CC/C(=C(\c1ccccc1)c1cccc(OC(C)=O)c1)c1ccc(OC(C)=O)cc1. The van der Waals surface area contributed by atoms with Crippen molar-refractivity contribution in [3.8, 4) is 11.5 Å². The van der Waals surface area contributed by atoms with Crippen molar-refractivity contribution in [2.24, 2.45) is 0 Å². The zero-order valence-electron chi connectivity index (χ0n) is 17.3. The number of hydrogen-bond acceptors (Lipinski definition) is 4. The Morgan fingerprint density at radius 3 is 1.87 bits per heavy atom. The summed E-state index contributed by atoms with van der Waals surface area (Å²) in [7, 11) is 0. The highest BCUT2D eigenvalue weighted by molar-refractivity contribution is 5.98. The predicted molar refractivity (Wildman–Crippen MR) is 118 cm³/mol. The van der Waals surface area contributed by atoms with Gasteiger partial charge in [-0.1, -0.05) is 61.5 Å². The summed E-state index contributed by atoms with van der Waals surface area (Å²) in [5.41, 5.74) is 5.26. The molecule has 0 spiro atoms. The van der Waals surface area contributed by atoms with Gasteiger partial charge in [-0.3, -0.25) is 9.59 Å². The van der Waals surface area contributed by atoms with Gasteiger partial charge in [0, 0.05) is 13.8 Å². The molecule has 3 aromatic carbocycles. The van der Waals surface area contributed by atoms with Crippen molar-refractivity contribution < 1.29 is 19.1 Å². The van der Waals surface area contributed by atoms with Crippen molar-refractivity contribution in [2.45, 2.75) is 27.2 Å².